The second-order valence-electron chi connectivity index (χ2n) is 6.71. The molecule has 2 heterocycles. The van der Waals surface area contributed by atoms with Crippen LogP contribution in [0.1, 0.15) is 29.8 Å². The molecule has 2 aromatic rings. The number of hydrogen-bond donors (Lipinski definition) is 0. The molecule has 1 aliphatic rings. The van der Waals surface area contributed by atoms with Crippen LogP contribution in [0.2, 0.25) is 0 Å². The molecule has 138 valence electrons. The zero-order chi connectivity index (χ0) is 18.5. The molecule has 5 heteroatoms. The highest BCUT2D eigenvalue weighted by Crippen LogP contribution is 2.25. The molecular weight excluding hydrogens is 324 g/mol. The van der Waals surface area contributed by atoms with Crippen LogP contribution in [0.25, 0.3) is 0 Å². The third kappa shape index (κ3) is 4.05. The molecule has 3 rings (SSSR count). The molecule has 1 aromatic heterocycles. The summed E-state index contributed by atoms with van der Waals surface area (Å²) in [5.74, 6) is 0.917. The molecule has 0 aliphatic carbocycles. The topological polar surface area (TPSA) is 39.7 Å². The summed E-state index contributed by atoms with van der Waals surface area (Å²) in [5, 5.41) is 0. The molecule has 0 unspecified atom stereocenters. The van der Waals surface area contributed by atoms with E-state index in [0.29, 0.717) is 5.56 Å². The van der Waals surface area contributed by atoms with Crippen LogP contribution >= 0.6 is 0 Å². The van der Waals surface area contributed by atoms with Gasteiger partial charge < -0.3 is 14.7 Å². The Morgan fingerprint density at radius 1 is 1.12 bits per heavy atom. The van der Waals surface area contributed by atoms with Crippen molar-refractivity contribution >= 4 is 17.4 Å². The standard InChI is InChI=1S/C21H28N4O/c1-4-23-11-13-24(14-12-23)21(26)18-9-10-22-20(16-18)25(5-2)19-8-6-7-17(3)15-19/h6-10,15-16H,4-5,11-14H2,1-3H3. The van der Waals surface area contributed by atoms with E-state index in [-0.39, 0.29) is 5.91 Å². The van der Waals surface area contributed by atoms with Gasteiger partial charge in [0.25, 0.3) is 5.91 Å². The van der Waals surface area contributed by atoms with Gasteiger partial charge in [-0.25, -0.2) is 4.98 Å². The van der Waals surface area contributed by atoms with Gasteiger partial charge in [0.1, 0.15) is 5.82 Å². The third-order valence-corrected chi connectivity index (χ3v) is 5.01. The van der Waals surface area contributed by atoms with Gasteiger partial charge in [-0.1, -0.05) is 19.1 Å². The number of likely N-dealkylation sites (N-methyl/N-ethyl adjacent to an activating group) is 1. The van der Waals surface area contributed by atoms with Crippen molar-refractivity contribution in [1.29, 1.82) is 0 Å². The van der Waals surface area contributed by atoms with E-state index >= 15 is 0 Å². The van der Waals surface area contributed by atoms with Crippen LogP contribution in [0.3, 0.4) is 0 Å². The zero-order valence-corrected chi connectivity index (χ0v) is 16.0. The maximum Gasteiger partial charge on any atom is 0.254 e. The average Bonchev–Trinajstić information content (AvgIpc) is 2.68. The number of carbonyl (C=O) groups is 1. The summed E-state index contributed by atoms with van der Waals surface area (Å²) in [6.07, 6.45) is 1.74. The number of carbonyl (C=O) groups excluding carboxylic acids is 1. The van der Waals surface area contributed by atoms with E-state index in [0.717, 1.165) is 50.8 Å². The first-order valence-corrected chi connectivity index (χ1v) is 9.44. The van der Waals surface area contributed by atoms with E-state index in [1.165, 1.54) is 5.56 Å². The number of rotatable bonds is 5. The summed E-state index contributed by atoms with van der Waals surface area (Å²) in [5.41, 5.74) is 3.02. The molecule has 0 spiro atoms. The molecule has 1 saturated heterocycles. The molecule has 26 heavy (non-hydrogen) atoms. The van der Waals surface area contributed by atoms with E-state index in [9.17, 15) is 4.79 Å². The number of aryl methyl sites for hydroxylation is 1. The molecule has 0 bridgehead atoms. The Balaban J connectivity index is 1.80. The van der Waals surface area contributed by atoms with Crippen LogP contribution in [0.15, 0.2) is 42.6 Å². The molecule has 0 N–H and O–H groups in total. The monoisotopic (exact) mass is 352 g/mol. The molecule has 1 amide bonds. The normalized spacial score (nSPS) is 15.1. The predicted molar refractivity (Wildman–Crippen MR) is 106 cm³/mol. The third-order valence-electron chi connectivity index (χ3n) is 5.01. The van der Waals surface area contributed by atoms with Crippen molar-refractivity contribution in [2.45, 2.75) is 20.8 Å². The Hall–Kier alpha value is -2.40. The van der Waals surface area contributed by atoms with Crippen molar-refractivity contribution in [3.63, 3.8) is 0 Å². The van der Waals surface area contributed by atoms with Crippen LogP contribution in [-0.4, -0.2) is 60.0 Å². The highest BCUT2D eigenvalue weighted by Gasteiger charge is 2.22. The van der Waals surface area contributed by atoms with Crippen LogP contribution in [0.4, 0.5) is 11.5 Å². The van der Waals surface area contributed by atoms with Crippen molar-refractivity contribution in [3.05, 3.63) is 53.7 Å². The fourth-order valence-electron chi connectivity index (χ4n) is 3.42. The highest BCUT2D eigenvalue weighted by atomic mass is 16.2. The minimum Gasteiger partial charge on any atom is -0.336 e. The SMILES string of the molecule is CCN1CCN(C(=O)c2ccnc(N(CC)c3cccc(C)c3)c2)CC1. The number of piperazine rings is 1. The number of aromatic nitrogens is 1. The van der Waals surface area contributed by atoms with Crippen LogP contribution in [-0.2, 0) is 0 Å². The summed E-state index contributed by atoms with van der Waals surface area (Å²) in [7, 11) is 0. The number of benzene rings is 1. The summed E-state index contributed by atoms with van der Waals surface area (Å²) in [4.78, 5) is 23.9. The number of anilines is 2. The van der Waals surface area contributed by atoms with Gasteiger partial charge in [0, 0.05) is 50.2 Å². The molecule has 1 aromatic carbocycles. The van der Waals surface area contributed by atoms with Crippen LogP contribution < -0.4 is 4.90 Å². The Morgan fingerprint density at radius 3 is 2.54 bits per heavy atom. The van der Waals surface area contributed by atoms with Crippen molar-refractivity contribution in [1.82, 2.24) is 14.8 Å². The molecule has 5 nitrogen and oxygen atoms in total. The van der Waals surface area contributed by atoms with E-state index in [1.807, 2.05) is 17.0 Å². The Labute approximate surface area is 156 Å². The van der Waals surface area contributed by atoms with E-state index in [4.69, 9.17) is 0 Å². The molecule has 0 radical (unpaired) electrons. The Bertz CT molecular complexity index is 753. The van der Waals surface area contributed by atoms with E-state index in [2.05, 4.69) is 59.8 Å². The second-order valence-corrected chi connectivity index (χ2v) is 6.71. The zero-order valence-electron chi connectivity index (χ0n) is 16.0. The van der Waals surface area contributed by atoms with E-state index in [1.54, 1.807) is 6.20 Å². The van der Waals surface area contributed by atoms with Crippen molar-refractivity contribution < 1.29 is 4.79 Å². The lowest BCUT2D eigenvalue weighted by atomic mass is 10.1. The van der Waals surface area contributed by atoms with Crippen molar-refractivity contribution in [2.75, 3.05) is 44.2 Å². The minimum atomic E-state index is 0.102. The first-order valence-electron chi connectivity index (χ1n) is 9.44. The first-order chi connectivity index (χ1) is 12.6. The number of pyridine rings is 1. The lowest BCUT2D eigenvalue weighted by Gasteiger charge is -2.34. The number of nitrogens with zero attached hydrogens (tertiary/aromatic N) is 4. The number of amides is 1. The maximum absolute atomic E-state index is 12.9. The molecule has 1 aliphatic heterocycles. The van der Waals surface area contributed by atoms with Gasteiger partial charge in [-0.3, -0.25) is 4.79 Å². The van der Waals surface area contributed by atoms with Gasteiger partial charge in [0.05, 0.1) is 0 Å². The summed E-state index contributed by atoms with van der Waals surface area (Å²) in [6, 6.07) is 12.1. The van der Waals surface area contributed by atoms with Gasteiger partial charge in [-0.05, 0) is 50.2 Å². The van der Waals surface area contributed by atoms with Gasteiger partial charge >= 0.3 is 0 Å². The predicted octanol–water partition coefficient (Wildman–Crippen LogP) is 3.33. The smallest absolute Gasteiger partial charge is 0.254 e. The van der Waals surface area contributed by atoms with Gasteiger partial charge in [0.2, 0.25) is 0 Å². The lowest BCUT2D eigenvalue weighted by molar-refractivity contribution is 0.0643. The molecule has 1 fully saturated rings. The second kappa shape index (κ2) is 8.32. The molecule has 0 atom stereocenters. The largest absolute Gasteiger partial charge is 0.336 e. The lowest BCUT2D eigenvalue weighted by Crippen LogP contribution is -2.48. The van der Waals surface area contributed by atoms with Gasteiger partial charge in [0.15, 0.2) is 0 Å². The quantitative estimate of drug-likeness (QED) is 0.827. The average molecular weight is 352 g/mol. The minimum absolute atomic E-state index is 0.102. The fourth-order valence-corrected chi connectivity index (χ4v) is 3.42. The number of hydrogen-bond acceptors (Lipinski definition) is 4. The summed E-state index contributed by atoms with van der Waals surface area (Å²) >= 11 is 0. The summed E-state index contributed by atoms with van der Waals surface area (Å²) < 4.78 is 0. The Kier molecular flexibility index (Phi) is 5.89. The molecule has 0 saturated carbocycles. The first kappa shape index (κ1) is 18.4. The van der Waals surface area contributed by atoms with Crippen molar-refractivity contribution in [3.8, 4) is 0 Å². The van der Waals surface area contributed by atoms with Crippen molar-refractivity contribution in [2.24, 2.45) is 0 Å². The van der Waals surface area contributed by atoms with Crippen LogP contribution in [0, 0.1) is 6.92 Å². The van der Waals surface area contributed by atoms with Crippen LogP contribution in [0.5, 0.6) is 0 Å². The fraction of sp³-hybridized carbons (Fsp3) is 0.429. The van der Waals surface area contributed by atoms with Gasteiger partial charge in [-0.2, -0.15) is 0 Å². The van der Waals surface area contributed by atoms with E-state index < -0.39 is 0 Å². The highest BCUT2D eigenvalue weighted by molar-refractivity contribution is 5.95. The van der Waals surface area contributed by atoms with Gasteiger partial charge in [-0.15, -0.1) is 0 Å². The maximum atomic E-state index is 12.9. The Morgan fingerprint density at radius 2 is 1.88 bits per heavy atom. The summed E-state index contributed by atoms with van der Waals surface area (Å²) in [6.45, 7) is 11.7. The molecular formula is C21H28N4O.